The van der Waals surface area contributed by atoms with Gasteiger partial charge in [-0.2, -0.15) is 0 Å². The molecule has 0 unspecified atom stereocenters. The lowest BCUT2D eigenvalue weighted by Crippen LogP contribution is -2.14. The summed E-state index contributed by atoms with van der Waals surface area (Å²) in [5, 5.41) is 12.8. The van der Waals surface area contributed by atoms with E-state index in [0.717, 1.165) is 30.5 Å². The number of sulfone groups is 1. The second-order valence-electron chi connectivity index (χ2n) is 4.79. The molecule has 1 amide bonds. The number of halogens is 2. The second-order valence-corrected chi connectivity index (χ2v) is 7.21. The summed E-state index contributed by atoms with van der Waals surface area (Å²) in [5.74, 6) is -1.78. The van der Waals surface area contributed by atoms with Crippen molar-refractivity contribution in [3.8, 4) is 0 Å². The number of carbonyl (C=O) groups is 1. The van der Waals surface area contributed by atoms with Gasteiger partial charge in [0.15, 0.2) is 9.84 Å². The lowest BCUT2D eigenvalue weighted by atomic mass is 10.2. The fourth-order valence-electron chi connectivity index (χ4n) is 1.82. The van der Waals surface area contributed by atoms with Crippen LogP contribution in [-0.2, 0) is 9.84 Å². The second kappa shape index (κ2) is 6.54. The van der Waals surface area contributed by atoms with Gasteiger partial charge in [-0.1, -0.05) is 11.6 Å². The number of carbonyl (C=O) groups excluding carboxylic acids is 1. The average Bonchev–Trinajstić information content (AvgIpc) is 2.48. The smallest absolute Gasteiger partial charge is 0.271 e. The molecule has 0 aliphatic carbocycles. The fraction of sp³-hybridized carbons (Fsp3) is 0.0714. The molecule has 0 fully saturated rings. The van der Waals surface area contributed by atoms with Crippen molar-refractivity contribution in [2.45, 2.75) is 4.90 Å². The van der Waals surface area contributed by atoms with Crippen LogP contribution in [0.25, 0.3) is 0 Å². The highest BCUT2D eigenvalue weighted by molar-refractivity contribution is 7.90. The van der Waals surface area contributed by atoms with Crippen LogP contribution in [0.4, 0.5) is 15.8 Å². The van der Waals surface area contributed by atoms with E-state index in [1.54, 1.807) is 0 Å². The first kappa shape index (κ1) is 17.8. The van der Waals surface area contributed by atoms with Crippen molar-refractivity contribution < 1.29 is 22.5 Å². The van der Waals surface area contributed by atoms with E-state index in [-0.39, 0.29) is 15.5 Å². The van der Waals surface area contributed by atoms with E-state index in [9.17, 15) is 27.7 Å². The normalized spacial score (nSPS) is 11.1. The summed E-state index contributed by atoms with van der Waals surface area (Å²) in [6, 6.07) is 6.12. The Hall–Kier alpha value is -2.52. The number of nitro benzene ring substituents is 1. The molecule has 0 aromatic heterocycles. The molecule has 0 atom stereocenters. The molecule has 2 aromatic carbocycles. The molecule has 0 heterocycles. The fourth-order valence-corrected chi connectivity index (χ4v) is 2.67. The number of nitrogens with one attached hydrogen (secondary N) is 1. The highest BCUT2D eigenvalue weighted by atomic mass is 35.5. The molecular weight excluding hydrogens is 363 g/mol. The van der Waals surface area contributed by atoms with Gasteiger partial charge in [0.1, 0.15) is 5.82 Å². The van der Waals surface area contributed by atoms with Gasteiger partial charge in [0.05, 0.1) is 26.1 Å². The lowest BCUT2D eigenvalue weighted by molar-refractivity contribution is -0.384. The Kier molecular flexibility index (Phi) is 4.86. The van der Waals surface area contributed by atoms with Crippen molar-refractivity contribution in [1.82, 2.24) is 0 Å². The number of nitro groups is 1. The largest absolute Gasteiger partial charge is 0.319 e. The third-order valence-corrected chi connectivity index (χ3v) is 4.46. The first-order chi connectivity index (χ1) is 11.1. The van der Waals surface area contributed by atoms with Crippen LogP contribution >= 0.6 is 11.6 Å². The molecule has 24 heavy (non-hydrogen) atoms. The first-order valence-electron chi connectivity index (χ1n) is 6.34. The van der Waals surface area contributed by atoms with Gasteiger partial charge >= 0.3 is 0 Å². The van der Waals surface area contributed by atoms with Gasteiger partial charge in [-0.25, -0.2) is 12.8 Å². The minimum Gasteiger partial charge on any atom is -0.319 e. The Bertz CT molecular complexity index is 946. The van der Waals surface area contributed by atoms with Gasteiger partial charge in [0.25, 0.3) is 11.6 Å². The van der Waals surface area contributed by atoms with Crippen LogP contribution in [0, 0.1) is 15.9 Å². The molecule has 0 bridgehead atoms. The number of benzene rings is 2. The molecule has 2 aromatic rings. The van der Waals surface area contributed by atoms with Gasteiger partial charge in [0, 0.05) is 18.4 Å². The molecule has 0 radical (unpaired) electrons. The zero-order valence-corrected chi connectivity index (χ0v) is 13.7. The molecular formula is C14H10ClFN2O5S. The van der Waals surface area contributed by atoms with Crippen LogP contribution < -0.4 is 5.32 Å². The van der Waals surface area contributed by atoms with E-state index in [1.165, 1.54) is 12.1 Å². The highest BCUT2D eigenvalue weighted by Crippen LogP contribution is 2.25. The molecule has 0 saturated carbocycles. The van der Waals surface area contributed by atoms with E-state index in [4.69, 9.17) is 11.6 Å². The maximum absolute atomic E-state index is 13.7. The molecule has 7 nitrogen and oxygen atoms in total. The summed E-state index contributed by atoms with van der Waals surface area (Å²) in [6.07, 6.45) is 0.956. The number of anilines is 1. The van der Waals surface area contributed by atoms with E-state index in [2.05, 4.69) is 5.32 Å². The first-order valence-corrected chi connectivity index (χ1v) is 8.61. The van der Waals surface area contributed by atoms with Crippen molar-refractivity contribution in [3.63, 3.8) is 0 Å². The molecule has 0 aliphatic rings. The molecule has 0 spiro atoms. The van der Waals surface area contributed by atoms with Gasteiger partial charge in [-0.05, 0) is 24.3 Å². The monoisotopic (exact) mass is 372 g/mol. The SMILES string of the molecule is CS(=O)(=O)c1ccc(Cl)c(C(=O)Nc2cc([N+](=O)[O-])ccc2F)c1. The van der Waals surface area contributed by atoms with Crippen LogP contribution in [0.1, 0.15) is 10.4 Å². The summed E-state index contributed by atoms with van der Waals surface area (Å²) < 4.78 is 36.8. The predicted molar refractivity (Wildman–Crippen MR) is 85.6 cm³/mol. The number of nitrogens with zero attached hydrogens (tertiary/aromatic N) is 1. The quantitative estimate of drug-likeness (QED) is 0.655. The van der Waals surface area contributed by atoms with Gasteiger partial charge in [-0.3, -0.25) is 14.9 Å². The Balaban J connectivity index is 2.41. The van der Waals surface area contributed by atoms with Crippen molar-refractivity contribution in [3.05, 3.63) is 62.9 Å². The zero-order valence-electron chi connectivity index (χ0n) is 12.1. The van der Waals surface area contributed by atoms with E-state index < -0.39 is 37.9 Å². The van der Waals surface area contributed by atoms with Crippen LogP contribution in [0.5, 0.6) is 0 Å². The van der Waals surface area contributed by atoms with Crippen molar-refractivity contribution in [1.29, 1.82) is 0 Å². The molecule has 0 aliphatic heterocycles. The van der Waals surface area contributed by atoms with Crippen LogP contribution in [0.15, 0.2) is 41.3 Å². The van der Waals surface area contributed by atoms with Crippen molar-refractivity contribution in [2.75, 3.05) is 11.6 Å². The number of rotatable bonds is 4. The molecule has 1 N–H and O–H groups in total. The standard InChI is InChI=1S/C14H10ClFN2O5S/c1-24(22,23)9-3-4-11(15)10(7-9)14(19)17-13-6-8(18(20)21)2-5-12(13)16/h2-7H,1H3,(H,17,19). The third kappa shape index (κ3) is 3.87. The van der Waals surface area contributed by atoms with Crippen LogP contribution in [0.3, 0.4) is 0 Å². The van der Waals surface area contributed by atoms with Gasteiger partial charge < -0.3 is 5.32 Å². The number of hydrogen-bond acceptors (Lipinski definition) is 5. The van der Waals surface area contributed by atoms with Crippen LogP contribution in [0.2, 0.25) is 5.02 Å². The Labute approximate surface area is 141 Å². The minimum absolute atomic E-state index is 0.0502. The molecule has 10 heteroatoms. The average molecular weight is 373 g/mol. The summed E-state index contributed by atoms with van der Waals surface area (Å²) in [7, 11) is -3.58. The third-order valence-electron chi connectivity index (χ3n) is 3.02. The zero-order chi connectivity index (χ0) is 18.1. The predicted octanol–water partition coefficient (Wildman–Crippen LogP) is 3.04. The topological polar surface area (TPSA) is 106 Å². The maximum Gasteiger partial charge on any atom is 0.271 e. The summed E-state index contributed by atoms with van der Waals surface area (Å²) in [4.78, 5) is 22.0. The number of amides is 1. The Morgan fingerprint density at radius 1 is 1.25 bits per heavy atom. The van der Waals surface area contributed by atoms with Crippen molar-refractivity contribution >= 4 is 38.7 Å². The number of non-ortho nitro benzene ring substituents is 1. The Morgan fingerprint density at radius 2 is 1.92 bits per heavy atom. The highest BCUT2D eigenvalue weighted by Gasteiger charge is 2.18. The number of hydrogen-bond donors (Lipinski definition) is 1. The molecule has 0 saturated heterocycles. The lowest BCUT2D eigenvalue weighted by Gasteiger charge is -2.09. The minimum atomic E-state index is -3.58. The summed E-state index contributed by atoms with van der Waals surface area (Å²) in [5.41, 5.74) is -1.04. The molecule has 2 rings (SSSR count). The van der Waals surface area contributed by atoms with Crippen molar-refractivity contribution in [2.24, 2.45) is 0 Å². The molecule has 126 valence electrons. The van der Waals surface area contributed by atoms with Gasteiger partial charge in [-0.15, -0.1) is 0 Å². The Morgan fingerprint density at radius 3 is 2.50 bits per heavy atom. The van der Waals surface area contributed by atoms with Gasteiger partial charge in [0.2, 0.25) is 0 Å². The maximum atomic E-state index is 13.7. The van der Waals surface area contributed by atoms with Crippen LogP contribution in [-0.4, -0.2) is 25.5 Å². The summed E-state index contributed by atoms with van der Waals surface area (Å²) >= 11 is 5.87. The van der Waals surface area contributed by atoms with E-state index >= 15 is 0 Å². The summed E-state index contributed by atoms with van der Waals surface area (Å²) in [6.45, 7) is 0. The van der Waals surface area contributed by atoms with E-state index in [1.807, 2.05) is 0 Å². The van der Waals surface area contributed by atoms with E-state index in [0.29, 0.717) is 0 Å².